The van der Waals surface area contributed by atoms with E-state index in [0.717, 1.165) is 40.6 Å². The van der Waals surface area contributed by atoms with Crippen molar-refractivity contribution in [1.82, 2.24) is 19.2 Å². The highest BCUT2D eigenvalue weighted by atomic mass is 32.2. The lowest BCUT2D eigenvalue weighted by Crippen LogP contribution is -2.32. The highest BCUT2D eigenvalue weighted by Gasteiger charge is 2.24. The highest BCUT2D eigenvalue weighted by Crippen LogP contribution is 2.30. The van der Waals surface area contributed by atoms with E-state index in [0.29, 0.717) is 12.0 Å². The first kappa shape index (κ1) is 25.9. The van der Waals surface area contributed by atoms with Crippen LogP contribution >= 0.6 is 0 Å². The van der Waals surface area contributed by atoms with Gasteiger partial charge < -0.3 is 10.2 Å². The molecule has 0 amide bonds. The fourth-order valence-corrected chi connectivity index (χ4v) is 6.83. The number of rotatable bonds is 6. The fourth-order valence-electron chi connectivity index (χ4n) is 5.88. The molecule has 0 spiro atoms. The number of sulfonamides is 1. The van der Waals surface area contributed by atoms with Gasteiger partial charge in [-0.1, -0.05) is 30.3 Å². The van der Waals surface area contributed by atoms with Crippen LogP contribution in [0.5, 0.6) is 0 Å². The summed E-state index contributed by atoms with van der Waals surface area (Å²) in [5.74, 6) is 0.548. The molecular formula is C31H35N5O2S. The Morgan fingerprint density at radius 1 is 0.897 bits per heavy atom. The molecule has 2 aliphatic rings. The van der Waals surface area contributed by atoms with Crippen molar-refractivity contribution in [3.63, 3.8) is 0 Å². The summed E-state index contributed by atoms with van der Waals surface area (Å²) in [5, 5.41) is 4.34. The van der Waals surface area contributed by atoms with E-state index in [1.807, 2.05) is 30.5 Å². The first-order valence-corrected chi connectivity index (χ1v) is 15.2. The zero-order valence-corrected chi connectivity index (χ0v) is 23.4. The van der Waals surface area contributed by atoms with E-state index in [1.54, 1.807) is 32.3 Å². The third-order valence-corrected chi connectivity index (χ3v) is 9.95. The summed E-state index contributed by atoms with van der Waals surface area (Å²) in [5.41, 5.74) is 6.42. The second-order valence-corrected chi connectivity index (χ2v) is 13.0. The van der Waals surface area contributed by atoms with Crippen LogP contribution in [0.1, 0.15) is 36.8 Å². The van der Waals surface area contributed by atoms with E-state index < -0.39 is 10.0 Å². The number of hydrogen-bond acceptors (Lipinski definition) is 6. The Balaban J connectivity index is 1.23. The number of fused-ring (bicyclic) bond motifs is 2. The SMILES string of the molecule is CN(C)S(=O)(=O)c1cccc(-c2ccc3cnc(Nc4ccc5c(c4)CC[C@@H](N4CCCC4)CC5)nc3c2)c1. The molecule has 1 aliphatic heterocycles. The van der Waals surface area contributed by atoms with E-state index in [-0.39, 0.29) is 4.90 Å². The molecular weight excluding hydrogens is 506 g/mol. The first-order chi connectivity index (χ1) is 18.9. The van der Waals surface area contributed by atoms with Gasteiger partial charge in [0.25, 0.3) is 0 Å². The largest absolute Gasteiger partial charge is 0.324 e. The summed E-state index contributed by atoms with van der Waals surface area (Å²) in [7, 11) is -0.431. The smallest absolute Gasteiger partial charge is 0.242 e. The van der Waals surface area contributed by atoms with Gasteiger partial charge in [-0.3, -0.25) is 0 Å². The van der Waals surface area contributed by atoms with Crippen LogP contribution in [0.3, 0.4) is 0 Å². The maximum atomic E-state index is 12.6. The Kier molecular flexibility index (Phi) is 7.10. The van der Waals surface area contributed by atoms with Crippen molar-refractivity contribution in [2.75, 3.05) is 32.5 Å². The van der Waals surface area contributed by atoms with Crippen molar-refractivity contribution >= 4 is 32.6 Å². The van der Waals surface area contributed by atoms with Gasteiger partial charge in [0.15, 0.2) is 0 Å². The minimum absolute atomic E-state index is 0.269. The summed E-state index contributed by atoms with van der Waals surface area (Å²) in [4.78, 5) is 12.3. The standard InChI is InChI=1S/C31H35N5O2S/c1-35(2)39(37,38)29-7-5-6-23(19-29)25-8-9-26-21-32-31(34-30(26)20-25)33-27-13-10-22-11-14-28(15-12-24(22)18-27)36-16-3-4-17-36/h5-10,13,18-21,28H,3-4,11-12,14-17H2,1-2H3,(H,32,33,34)/t28-/m0/s1. The van der Waals surface area contributed by atoms with Crippen LogP contribution in [-0.2, 0) is 22.9 Å². The average Bonchev–Trinajstić information content (AvgIpc) is 3.40. The number of hydrogen-bond donors (Lipinski definition) is 1. The van der Waals surface area contributed by atoms with Gasteiger partial charge in [-0.15, -0.1) is 0 Å². The zero-order chi connectivity index (χ0) is 27.0. The summed E-state index contributed by atoms with van der Waals surface area (Å²) in [6.45, 7) is 2.52. The molecule has 4 aromatic rings. The monoisotopic (exact) mass is 541 g/mol. The van der Waals surface area contributed by atoms with Crippen molar-refractivity contribution in [3.8, 4) is 11.1 Å². The van der Waals surface area contributed by atoms with Gasteiger partial charge >= 0.3 is 0 Å². The molecule has 0 bridgehead atoms. The van der Waals surface area contributed by atoms with Crippen molar-refractivity contribution in [2.45, 2.75) is 49.5 Å². The summed E-state index contributed by atoms with van der Waals surface area (Å²) in [6.07, 6.45) is 9.23. The maximum Gasteiger partial charge on any atom is 0.242 e. The van der Waals surface area contributed by atoms with E-state index in [9.17, 15) is 8.42 Å². The lowest BCUT2D eigenvalue weighted by Gasteiger charge is -2.25. The number of nitrogens with one attached hydrogen (secondary N) is 1. The van der Waals surface area contributed by atoms with E-state index >= 15 is 0 Å². The van der Waals surface area contributed by atoms with Gasteiger partial charge in [-0.2, -0.15) is 0 Å². The number of anilines is 2. The van der Waals surface area contributed by atoms with Gasteiger partial charge in [-0.25, -0.2) is 22.7 Å². The number of aromatic nitrogens is 2. The normalized spacial score (nSPS) is 18.3. The van der Waals surface area contributed by atoms with Gasteiger partial charge in [-0.05, 0) is 104 Å². The number of nitrogens with zero attached hydrogens (tertiary/aromatic N) is 4. The van der Waals surface area contributed by atoms with Crippen LogP contribution in [0.2, 0.25) is 0 Å². The van der Waals surface area contributed by atoms with Crippen LogP contribution in [0.4, 0.5) is 11.6 Å². The summed E-state index contributed by atoms with van der Waals surface area (Å²) < 4.78 is 26.5. The lowest BCUT2D eigenvalue weighted by molar-refractivity contribution is 0.222. The second-order valence-electron chi connectivity index (χ2n) is 10.9. The molecule has 1 fully saturated rings. The Labute approximate surface area is 230 Å². The van der Waals surface area contributed by atoms with E-state index in [4.69, 9.17) is 4.98 Å². The van der Waals surface area contributed by atoms with Crippen LogP contribution in [0.15, 0.2) is 71.8 Å². The summed E-state index contributed by atoms with van der Waals surface area (Å²) >= 11 is 0. The molecule has 2 heterocycles. The molecule has 7 nitrogen and oxygen atoms in total. The molecule has 1 aliphatic carbocycles. The molecule has 0 unspecified atom stereocenters. The molecule has 1 saturated heterocycles. The molecule has 3 aromatic carbocycles. The first-order valence-electron chi connectivity index (χ1n) is 13.8. The molecule has 0 radical (unpaired) electrons. The second kappa shape index (κ2) is 10.7. The van der Waals surface area contributed by atoms with Crippen LogP contribution in [0, 0.1) is 0 Å². The van der Waals surface area contributed by atoms with Crippen LogP contribution in [0.25, 0.3) is 22.0 Å². The van der Waals surface area contributed by atoms with Crippen LogP contribution < -0.4 is 5.32 Å². The molecule has 0 saturated carbocycles. The predicted octanol–water partition coefficient (Wildman–Crippen LogP) is 5.63. The third kappa shape index (κ3) is 5.41. The molecule has 202 valence electrons. The van der Waals surface area contributed by atoms with Gasteiger partial charge in [0, 0.05) is 37.4 Å². The lowest BCUT2D eigenvalue weighted by atomic mass is 10.0. The van der Waals surface area contributed by atoms with Crippen molar-refractivity contribution in [1.29, 1.82) is 0 Å². The molecule has 39 heavy (non-hydrogen) atoms. The molecule has 1 N–H and O–H groups in total. The Bertz CT molecular complexity index is 1610. The van der Waals surface area contributed by atoms with Crippen molar-refractivity contribution in [2.24, 2.45) is 0 Å². The quantitative estimate of drug-likeness (QED) is 0.319. The highest BCUT2D eigenvalue weighted by molar-refractivity contribution is 7.89. The molecule has 1 aromatic heterocycles. The average molecular weight is 542 g/mol. The predicted molar refractivity (Wildman–Crippen MR) is 157 cm³/mol. The Hall–Kier alpha value is -3.33. The van der Waals surface area contributed by atoms with Gasteiger partial charge in [0.1, 0.15) is 0 Å². The minimum Gasteiger partial charge on any atom is -0.324 e. The van der Waals surface area contributed by atoms with Gasteiger partial charge in [0.05, 0.1) is 10.4 Å². The molecule has 1 atom stereocenters. The Morgan fingerprint density at radius 2 is 1.67 bits per heavy atom. The molecule has 6 rings (SSSR count). The number of benzene rings is 3. The number of likely N-dealkylation sites (tertiary alicyclic amines) is 1. The van der Waals surface area contributed by atoms with Crippen LogP contribution in [-0.4, -0.2) is 60.8 Å². The Morgan fingerprint density at radius 3 is 2.46 bits per heavy atom. The number of aryl methyl sites for hydroxylation is 2. The molecule has 8 heteroatoms. The zero-order valence-electron chi connectivity index (χ0n) is 22.6. The van der Waals surface area contributed by atoms with Crippen molar-refractivity contribution in [3.05, 3.63) is 78.0 Å². The van der Waals surface area contributed by atoms with E-state index in [2.05, 4.69) is 33.4 Å². The maximum absolute atomic E-state index is 12.6. The topological polar surface area (TPSA) is 78.4 Å². The fraction of sp³-hybridized carbons (Fsp3) is 0.355. The van der Waals surface area contributed by atoms with E-state index in [1.165, 1.54) is 54.2 Å². The third-order valence-electron chi connectivity index (χ3n) is 8.14. The van der Waals surface area contributed by atoms with Crippen molar-refractivity contribution < 1.29 is 8.42 Å². The van der Waals surface area contributed by atoms with Gasteiger partial charge in [0.2, 0.25) is 16.0 Å². The summed E-state index contributed by atoms with van der Waals surface area (Å²) in [6, 6.07) is 20.3. The minimum atomic E-state index is -3.51.